The first-order valence-corrected chi connectivity index (χ1v) is 9.10. The van der Waals surface area contributed by atoms with Gasteiger partial charge in [0.05, 0.1) is 11.4 Å². The van der Waals surface area contributed by atoms with Crippen molar-refractivity contribution in [2.24, 2.45) is 0 Å². The number of aromatic nitrogens is 2. The maximum Gasteiger partial charge on any atom is 0.311 e. The Balaban J connectivity index is 1.38. The maximum atomic E-state index is 12.6. The molecule has 0 fully saturated rings. The first kappa shape index (κ1) is 17.6. The molecule has 8 heteroatoms. The van der Waals surface area contributed by atoms with Gasteiger partial charge >= 0.3 is 11.8 Å². The Hall–Kier alpha value is -4.46. The summed E-state index contributed by atoms with van der Waals surface area (Å²) in [6.45, 7) is 0. The number of fused-ring (bicyclic) bond motifs is 2. The standard InChI is InChI=1S/C22H14N4O4/c27-19(21-25-15-9-3-5-11-17(15)29-21)23-13-7-1-2-8-14(13)24-20(28)22-26-16-10-4-6-12-18(16)30-22/h1-12H,(H,23,27)(H,24,28). The second-order valence-corrected chi connectivity index (χ2v) is 6.43. The van der Waals surface area contributed by atoms with Crippen LogP contribution in [0, 0.1) is 0 Å². The number of nitrogens with zero attached hydrogens (tertiary/aromatic N) is 2. The van der Waals surface area contributed by atoms with Crippen LogP contribution in [-0.4, -0.2) is 21.8 Å². The molecule has 0 aliphatic rings. The largest absolute Gasteiger partial charge is 0.432 e. The van der Waals surface area contributed by atoms with Gasteiger partial charge in [0, 0.05) is 0 Å². The Bertz CT molecular complexity index is 1230. The van der Waals surface area contributed by atoms with Crippen molar-refractivity contribution < 1.29 is 18.4 Å². The zero-order valence-corrected chi connectivity index (χ0v) is 15.5. The number of benzene rings is 3. The molecule has 2 aromatic heterocycles. The van der Waals surface area contributed by atoms with Crippen LogP contribution in [0.1, 0.15) is 21.4 Å². The van der Waals surface area contributed by atoms with Gasteiger partial charge < -0.3 is 19.5 Å². The van der Waals surface area contributed by atoms with Crippen molar-refractivity contribution in [3.8, 4) is 0 Å². The van der Waals surface area contributed by atoms with Gasteiger partial charge in [-0.05, 0) is 36.4 Å². The van der Waals surface area contributed by atoms with Crippen molar-refractivity contribution in [2.45, 2.75) is 0 Å². The molecule has 3 aromatic carbocycles. The van der Waals surface area contributed by atoms with Crippen molar-refractivity contribution in [3.05, 3.63) is 84.6 Å². The third-order valence-corrected chi connectivity index (χ3v) is 4.40. The van der Waals surface area contributed by atoms with Crippen LogP contribution >= 0.6 is 0 Å². The van der Waals surface area contributed by atoms with E-state index in [1.54, 1.807) is 60.7 Å². The molecule has 0 aliphatic heterocycles. The number of para-hydroxylation sites is 6. The normalized spacial score (nSPS) is 10.9. The van der Waals surface area contributed by atoms with Gasteiger partial charge in [-0.2, -0.15) is 0 Å². The third kappa shape index (κ3) is 3.26. The number of rotatable bonds is 4. The summed E-state index contributed by atoms with van der Waals surface area (Å²) in [4.78, 5) is 33.6. The Morgan fingerprint density at radius 1 is 0.600 bits per heavy atom. The van der Waals surface area contributed by atoms with Crippen LogP contribution in [-0.2, 0) is 0 Å². The highest BCUT2D eigenvalue weighted by Gasteiger charge is 2.19. The van der Waals surface area contributed by atoms with E-state index in [-0.39, 0.29) is 11.8 Å². The van der Waals surface area contributed by atoms with Gasteiger partial charge in [0.1, 0.15) is 11.0 Å². The van der Waals surface area contributed by atoms with E-state index < -0.39 is 11.8 Å². The molecule has 0 aliphatic carbocycles. The molecule has 0 radical (unpaired) electrons. The van der Waals surface area contributed by atoms with Crippen LogP contribution in [0.25, 0.3) is 22.2 Å². The number of hydrogen-bond donors (Lipinski definition) is 2. The SMILES string of the molecule is O=C(Nc1ccccc1NC(=O)c1nc2ccccc2o1)c1nc2ccccc2o1. The lowest BCUT2D eigenvalue weighted by Crippen LogP contribution is -2.17. The first-order valence-electron chi connectivity index (χ1n) is 9.10. The van der Waals surface area contributed by atoms with E-state index in [2.05, 4.69) is 20.6 Å². The lowest BCUT2D eigenvalue weighted by atomic mass is 10.2. The van der Waals surface area contributed by atoms with Gasteiger partial charge in [-0.25, -0.2) is 9.97 Å². The van der Waals surface area contributed by atoms with Gasteiger partial charge in [0.25, 0.3) is 11.8 Å². The molecule has 0 saturated carbocycles. The topological polar surface area (TPSA) is 110 Å². The summed E-state index contributed by atoms with van der Waals surface area (Å²) in [6, 6.07) is 21.0. The van der Waals surface area contributed by atoms with E-state index >= 15 is 0 Å². The van der Waals surface area contributed by atoms with E-state index in [0.29, 0.717) is 33.6 Å². The Kier molecular flexibility index (Phi) is 4.21. The summed E-state index contributed by atoms with van der Waals surface area (Å²) in [5, 5.41) is 5.42. The predicted molar refractivity (Wildman–Crippen MR) is 110 cm³/mol. The Morgan fingerprint density at radius 2 is 1.00 bits per heavy atom. The molecular weight excluding hydrogens is 384 g/mol. The van der Waals surface area contributed by atoms with Gasteiger partial charge in [-0.15, -0.1) is 0 Å². The highest BCUT2D eigenvalue weighted by molar-refractivity contribution is 6.08. The van der Waals surface area contributed by atoms with Crippen LogP contribution in [0.2, 0.25) is 0 Å². The van der Waals surface area contributed by atoms with Crippen molar-refractivity contribution >= 4 is 45.4 Å². The number of nitrogens with one attached hydrogen (secondary N) is 2. The quantitative estimate of drug-likeness (QED) is 0.462. The smallest absolute Gasteiger partial charge is 0.311 e. The molecule has 0 spiro atoms. The summed E-state index contributed by atoms with van der Waals surface area (Å²) < 4.78 is 11.0. The summed E-state index contributed by atoms with van der Waals surface area (Å²) in [6.07, 6.45) is 0. The van der Waals surface area contributed by atoms with Crippen LogP contribution in [0.3, 0.4) is 0 Å². The zero-order chi connectivity index (χ0) is 20.5. The molecule has 5 aromatic rings. The zero-order valence-electron chi connectivity index (χ0n) is 15.5. The average molecular weight is 398 g/mol. The van der Waals surface area contributed by atoms with Gasteiger partial charge in [0.15, 0.2) is 11.2 Å². The van der Waals surface area contributed by atoms with Gasteiger partial charge in [-0.3, -0.25) is 9.59 Å². The van der Waals surface area contributed by atoms with E-state index in [1.807, 2.05) is 12.1 Å². The highest BCUT2D eigenvalue weighted by Crippen LogP contribution is 2.24. The summed E-state index contributed by atoms with van der Waals surface area (Å²) in [7, 11) is 0. The minimum atomic E-state index is -0.533. The van der Waals surface area contributed by atoms with E-state index in [0.717, 1.165) is 0 Å². The van der Waals surface area contributed by atoms with Crippen molar-refractivity contribution in [1.82, 2.24) is 9.97 Å². The molecule has 2 amide bonds. The first-order chi connectivity index (χ1) is 14.7. The molecule has 30 heavy (non-hydrogen) atoms. The van der Waals surface area contributed by atoms with Crippen LogP contribution < -0.4 is 10.6 Å². The molecule has 0 saturated heterocycles. The second kappa shape index (κ2) is 7.17. The fraction of sp³-hybridized carbons (Fsp3) is 0. The molecule has 2 heterocycles. The number of anilines is 2. The number of amides is 2. The molecule has 2 N–H and O–H groups in total. The lowest BCUT2D eigenvalue weighted by Gasteiger charge is -2.10. The minimum Gasteiger partial charge on any atom is -0.432 e. The monoisotopic (exact) mass is 398 g/mol. The van der Waals surface area contributed by atoms with Gasteiger partial charge in [0.2, 0.25) is 0 Å². The van der Waals surface area contributed by atoms with Crippen LogP contribution in [0.15, 0.2) is 81.6 Å². The number of carbonyl (C=O) groups excluding carboxylic acids is 2. The molecular formula is C22H14N4O4. The van der Waals surface area contributed by atoms with E-state index in [4.69, 9.17) is 8.83 Å². The summed E-state index contributed by atoms with van der Waals surface area (Å²) in [5.41, 5.74) is 2.96. The number of carbonyl (C=O) groups is 2. The van der Waals surface area contributed by atoms with Crippen LogP contribution in [0.5, 0.6) is 0 Å². The Morgan fingerprint density at radius 3 is 1.43 bits per heavy atom. The minimum absolute atomic E-state index is 0.0729. The van der Waals surface area contributed by atoms with Gasteiger partial charge in [-0.1, -0.05) is 36.4 Å². The summed E-state index contributed by atoms with van der Waals surface area (Å²) in [5.74, 6) is -1.21. The fourth-order valence-corrected chi connectivity index (χ4v) is 2.99. The molecule has 0 bridgehead atoms. The number of oxazole rings is 2. The molecule has 8 nitrogen and oxygen atoms in total. The second-order valence-electron chi connectivity index (χ2n) is 6.43. The molecule has 5 rings (SSSR count). The highest BCUT2D eigenvalue weighted by atomic mass is 16.4. The third-order valence-electron chi connectivity index (χ3n) is 4.40. The fourth-order valence-electron chi connectivity index (χ4n) is 2.99. The van der Waals surface area contributed by atoms with Crippen molar-refractivity contribution in [1.29, 1.82) is 0 Å². The van der Waals surface area contributed by atoms with E-state index in [1.165, 1.54) is 0 Å². The summed E-state index contributed by atoms with van der Waals surface area (Å²) >= 11 is 0. The predicted octanol–water partition coefficient (Wildman–Crippen LogP) is 4.47. The van der Waals surface area contributed by atoms with Crippen molar-refractivity contribution in [3.63, 3.8) is 0 Å². The maximum absolute atomic E-state index is 12.6. The molecule has 146 valence electrons. The lowest BCUT2D eigenvalue weighted by molar-refractivity contribution is 0.0983. The van der Waals surface area contributed by atoms with Crippen molar-refractivity contribution in [2.75, 3.05) is 10.6 Å². The Labute approximate surface area is 169 Å². The van der Waals surface area contributed by atoms with Crippen LogP contribution in [0.4, 0.5) is 11.4 Å². The average Bonchev–Trinajstić information content (AvgIpc) is 3.39. The molecule has 0 unspecified atom stereocenters. The number of hydrogen-bond acceptors (Lipinski definition) is 6. The van der Waals surface area contributed by atoms with E-state index in [9.17, 15) is 9.59 Å². The molecule has 0 atom stereocenters.